The van der Waals surface area contributed by atoms with Gasteiger partial charge in [-0.3, -0.25) is 10.1 Å². The Bertz CT molecular complexity index is 336. The van der Waals surface area contributed by atoms with Crippen LogP contribution in [-0.4, -0.2) is 15.5 Å². The van der Waals surface area contributed by atoms with Crippen LogP contribution in [0.2, 0.25) is 0 Å². The molecule has 0 fully saturated rings. The molecule has 4 nitrogen and oxygen atoms in total. The molecule has 0 aromatic heterocycles. The van der Waals surface area contributed by atoms with Crippen LogP contribution in [0, 0.1) is 10.1 Å². The van der Waals surface area contributed by atoms with Crippen LogP contribution in [0.3, 0.4) is 0 Å². The van der Waals surface area contributed by atoms with E-state index < -0.39 is 10.4 Å². The van der Waals surface area contributed by atoms with E-state index in [-0.39, 0.29) is 5.69 Å². The van der Waals surface area contributed by atoms with Gasteiger partial charge < -0.3 is 5.11 Å². The van der Waals surface area contributed by atoms with Gasteiger partial charge in [-0.15, -0.1) is 0 Å². The van der Waals surface area contributed by atoms with E-state index in [1.807, 2.05) is 0 Å². The van der Waals surface area contributed by atoms with Gasteiger partial charge in [0.15, 0.2) is 0 Å². The highest BCUT2D eigenvalue weighted by atomic mass is 32.2. The molecule has 0 bridgehead atoms. The number of non-ortho nitro benzene ring substituents is 1. The van der Waals surface area contributed by atoms with Crippen molar-refractivity contribution in [1.29, 1.82) is 0 Å². The molecule has 1 N–H and O–H groups in total. The number of rotatable bonds is 4. The highest BCUT2D eigenvalue weighted by Gasteiger charge is 2.05. The summed E-state index contributed by atoms with van der Waals surface area (Å²) in [7, 11) is 0. The van der Waals surface area contributed by atoms with E-state index in [2.05, 4.69) is 6.58 Å². The van der Waals surface area contributed by atoms with E-state index in [0.717, 1.165) is 4.90 Å². The molecule has 74 valence electrons. The molecule has 0 aliphatic rings. The Morgan fingerprint density at radius 2 is 2.07 bits per heavy atom. The number of nitro groups is 1. The molecule has 1 aromatic rings. The van der Waals surface area contributed by atoms with Crippen LogP contribution in [0.15, 0.2) is 41.8 Å². The highest BCUT2D eigenvalue weighted by Crippen LogP contribution is 2.24. The zero-order chi connectivity index (χ0) is 10.6. The van der Waals surface area contributed by atoms with Gasteiger partial charge in [0.2, 0.25) is 0 Å². The Morgan fingerprint density at radius 3 is 2.50 bits per heavy atom. The van der Waals surface area contributed by atoms with Crippen molar-refractivity contribution in [3.8, 4) is 0 Å². The van der Waals surface area contributed by atoms with Gasteiger partial charge in [0.05, 0.1) is 4.92 Å². The Hall–Kier alpha value is -1.33. The first-order valence-electron chi connectivity index (χ1n) is 3.85. The summed E-state index contributed by atoms with van der Waals surface area (Å²) < 4.78 is 0. The summed E-state index contributed by atoms with van der Waals surface area (Å²) in [5.74, 6) is 0. The number of hydrogen-bond acceptors (Lipinski definition) is 4. The second kappa shape index (κ2) is 4.78. The van der Waals surface area contributed by atoms with E-state index in [4.69, 9.17) is 0 Å². The van der Waals surface area contributed by atoms with Crippen molar-refractivity contribution in [3.05, 3.63) is 47.0 Å². The lowest BCUT2D eigenvalue weighted by Crippen LogP contribution is -1.93. The van der Waals surface area contributed by atoms with E-state index >= 15 is 0 Å². The number of hydrogen-bond donors (Lipinski definition) is 1. The molecular weight excluding hydrogens is 202 g/mol. The molecule has 5 heteroatoms. The third-order valence-corrected chi connectivity index (χ3v) is 2.48. The van der Waals surface area contributed by atoms with E-state index in [1.165, 1.54) is 30.0 Å². The maximum Gasteiger partial charge on any atom is 0.269 e. The standard InChI is InChI=1S/C9H9NO3S/c1-2-9(11)14-8-5-3-7(4-6-8)10(12)13/h2-6,9,11H,1H2. The van der Waals surface area contributed by atoms with Gasteiger partial charge in [0, 0.05) is 17.0 Å². The topological polar surface area (TPSA) is 63.4 Å². The molecule has 0 saturated heterocycles. The minimum atomic E-state index is -0.684. The van der Waals surface area contributed by atoms with Crippen molar-refractivity contribution in [2.24, 2.45) is 0 Å². The molecule has 0 radical (unpaired) electrons. The van der Waals surface area contributed by atoms with Crippen molar-refractivity contribution in [2.45, 2.75) is 10.3 Å². The fourth-order valence-corrected chi connectivity index (χ4v) is 1.50. The van der Waals surface area contributed by atoms with Gasteiger partial charge in [-0.25, -0.2) is 0 Å². The maximum atomic E-state index is 10.3. The third-order valence-electron chi connectivity index (χ3n) is 1.51. The van der Waals surface area contributed by atoms with Crippen molar-refractivity contribution in [3.63, 3.8) is 0 Å². The lowest BCUT2D eigenvalue weighted by atomic mass is 10.3. The first kappa shape index (κ1) is 10.7. The summed E-state index contributed by atoms with van der Waals surface area (Å²) in [5, 5.41) is 19.5. The molecule has 1 unspecified atom stereocenters. The number of nitro benzene ring substituents is 1. The van der Waals surface area contributed by atoms with Gasteiger partial charge in [0.1, 0.15) is 5.44 Å². The summed E-state index contributed by atoms with van der Waals surface area (Å²) in [6.45, 7) is 3.42. The first-order chi connectivity index (χ1) is 6.63. The van der Waals surface area contributed by atoms with Crippen LogP contribution in [0.5, 0.6) is 0 Å². The fraction of sp³-hybridized carbons (Fsp3) is 0.111. The molecule has 14 heavy (non-hydrogen) atoms. The van der Waals surface area contributed by atoms with E-state index in [1.54, 1.807) is 12.1 Å². The number of nitrogens with zero attached hydrogens (tertiary/aromatic N) is 1. The van der Waals surface area contributed by atoms with E-state index in [0.29, 0.717) is 0 Å². The first-order valence-corrected chi connectivity index (χ1v) is 4.73. The highest BCUT2D eigenvalue weighted by molar-refractivity contribution is 7.99. The van der Waals surface area contributed by atoms with E-state index in [9.17, 15) is 15.2 Å². The monoisotopic (exact) mass is 211 g/mol. The SMILES string of the molecule is C=CC(O)Sc1ccc([N+](=O)[O-])cc1. The summed E-state index contributed by atoms with van der Waals surface area (Å²) in [6, 6.07) is 5.99. The van der Waals surface area contributed by atoms with Crippen LogP contribution in [0.4, 0.5) is 5.69 Å². The molecule has 0 saturated carbocycles. The van der Waals surface area contributed by atoms with Crippen molar-refractivity contribution in [1.82, 2.24) is 0 Å². The lowest BCUT2D eigenvalue weighted by Gasteiger charge is -2.03. The molecule has 0 aliphatic carbocycles. The van der Waals surface area contributed by atoms with Crippen LogP contribution in [-0.2, 0) is 0 Å². The Labute approximate surface area is 85.4 Å². The third kappa shape index (κ3) is 2.86. The predicted molar refractivity (Wildman–Crippen MR) is 55.2 cm³/mol. The Morgan fingerprint density at radius 1 is 1.50 bits per heavy atom. The minimum absolute atomic E-state index is 0.0439. The van der Waals surface area contributed by atoms with Crippen LogP contribution in [0.25, 0.3) is 0 Å². The zero-order valence-corrected chi connectivity index (χ0v) is 8.11. The number of aliphatic hydroxyl groups excluding tert-OH is 1. The number of aliphatic hydroxyl groups is 1. The van der Waals surface area contributed by atoms with Crippen molar-refractivity contribution >= 4 is 17.4 Å². The fourth-order valence-electron chi connectivity index (χ4n) is 0.834. The van der Waals surface area contributed by atoms with Crippen molar-refractivity contribution < 1.29 is 10.0 Å². The largest absolute Gasteiger partial charge is 0.378 e. The molecule has 1 atom stereocenters. The molecular formula is C9H9NO3S. The molecule has 1 rings (SSSR count). The average molecular weight is 211 g/mol. The Balaban J connectivity index is 2.73. The quantitative estimate of drug-likeness (QED) is 0.272. The summed E-state index contributed by atoms with van der Waals surface area (Å²) in [6.07, 6.45) is 1.39. The van der Waals surface area contributed by atoms with Gasteiger partial charge in [-0.05, 0) is 12.1 Å². The molecule has 0 aliphatic heterocycles. The second-order valence-corrected chi connectivity index (χ2v) is 3.69. The van der Waals surface area contributed by atoms with Crippen LogP contribution in [0.1, 0.15) is 0 Å². The minimum Gasteiger partial charge on any atom is -0.378 e. The second-order valence-electron chi connectivity index (χ2n) is 2.50. The van der Waals surface area contributed by atoms with Gasteiger partial charge in [-0.2, -0.15) is 0 Å². The van der Waals surface area contributed by atoms with Crippen molar-refractivity contribution in [2.75, 3.05) is 0 Å². The average Bonchev–Trinajstić information content (AvgIpc) is 2.18. The Kier molecular flexibility index (Phi) is 3.67. The molecule has 0 amide bonds. The summed E-state index contributed by atoms with van der Waals surface area (Å²) in [5.41, 5.74) is -0.640. The summed E-state index contributed by atoms with van der Waals surface area (Å²) >= 11 is 1.18. The molecule has 0 spiro atoms. The van der Waals surface area contributed by atoms with Gasteiger partial charge >= 0.3 is 0 Å². The smallest absolute Gasteiger partial charge is 0.269 e. The zero-order valence-electron chi connectivity index (χ0n) is 7.29. The van der Waals surface area contributed by atoms with Gasteiger partial charge in [-0.1, -0.05) is 24.4 Å². The maximum absolute atomic E-state index is 10.3. The van der Waals surface area contributed by atoms with Crippen LogP contribution < -0.4 is 0 Å². The normalized spacial score (nSPS) is 12.1. The number of thioether (sulfide) groups is 1. The predicted octanol–water partition coefficient (Wildman–Crippen LogP) is 2.19. The molecule has 0 heterocycles. The molecule has 1 aromatic carbocycles. The lowest BCUT2D eigenvalue weighted by molar-refractivity contribution is -0.384. The van der Waals surface area contributed by atoms with Gasteiger partial charge in [0.25, 0.3) is 5.69 Å². The summed E-state index contributed by atoms with van der Waals surface area (Å²) in [4.78, 5) is 10.6. The number of benzene rings is 1. The van der Waals surface area contributed by atoms with Crippen LogP contribution >= 0.6 is 11.8 Å².